The van der Waals surface area contributed by atoms with Crippen LogP contribution in [0.2, 0.25) is 0 Å². The Labute approximate surface area is 187 Å². The van der Waals surface area contributed by atoms with E-state index >= 15 is 0 Å². The zero-order chi connectivity index (χ0) is 23.1. The molecule has 0 fully saturated rings. The summed E-state index contributed by atoms with van der Waals surface area (Å²) in [6.45, 7) is 3.98. The summed E-state index contributed by atoms with van der Waals surface area (Å²) in [5.41, 5.74) is 2.44. The summed E-state index contributed by atoms with van der Waals surface area (Å²) < 4.78 is 57.5. The normalized spacial score (nSPS) is 11.4. The van der Waals surface area contributed by atoms with E-state index in [-0.39, 0.29) is 11.1 Å². The van der Waals surface area contributed by atoms with Crippen LogP contribution in [-0.4, -0.2) is 0 Å². The first-order valence-corrected chi connectivity index (χ1v) is 11.2. The average Bonchev–Trinajstić information content (AvgIpc) is 2.80. The molecule has 3 aromatic rings. The van der Waals surface area contributed by atoms with Gasteiger partial charge in [-0.05, 0) is 41.5 Å². The van der Waals surface area contributed by atoms with Crippen molar-refractivity contribution in [2.24, 2.45) is 0 Å². The zero-order valence-corrected chi connectivity index (χ0v) is 18.5. The number of halogens is 4. The number of hydrogen-bond donors (Lipinski definition) is 0. The molecular weight excluding hydrogens is 412 g/mol. The molecule has 3 aromatic carbocycles. The maximum absolute atomic E-state index is 14.6. The summed E-state index contributed by atoms with van der Waals surface area (Å²) in [5, 5.41) is 0. The van der Waals surface area contributed by atoms with Crippen LogP contribution in [0.25, 0.3) is 23.3 Å². The zero-order valence-electron chi connectivity index (χ0n) is 18.5. The summed E-state index contributed by atoms with van der Waals surface area (Å²) in [6.07, 6.45) is 7.76. The maximum atomic E-state index is 14.6. The van der Waals surface area contributed by atoms with Crippen molar-refractivity contribution < 1.29 is 17.6 Å². The number of rotatable bonds is 9. The lowest BCUT2D eigenvalue weighted by atomic mass is 9.98. The molecule has 0 aliphatic carbocycles. The van der Waals surface area contributed by atoms with Crippen molar-refractivity contribution in [2.75, 3.05) is 0 Å². The van der Waals surface area contributed by atoms with Crippen LogP contribution in [0.3, 0.4) is 0 Å². The van der Waals surface area contributed by atoms with Gasteiger partial charge < -0.3 is 0 Å². The molecule has 3 rings (SSSR count). The van der Waals surface area contributed by atoms with Crippen molar-refractivity contribution in [2.45, 2.75) is 52.4 Å². The third-order valence-corrected chi connectivity index (χ3v) is 5.60. The number of benzene rings is 3. The summed E-state index contributed by atoms with van der Waals surface area (Å²) >= 11 is 0. The fourth-order valence-electron chi connectivity index (χ4n) is 3.73. The summed E-state index contributed by atoms with van der Waals surface area (Å²) in [4.78, 5) is 0. The minimum atomic E-state index is -0.861. The second kappa shape index (κ2) is 11.1. The van der Waals surface area contributed by atoms with Crippen LogP contribution in [0.4, 0.5) is 17.6 Å². The first-order valence-electron chi connectivity index (χ1n) is 11.2. The van der Waals surface area contributed by atoms with Gasteiger partial charge in [-0.2, -0.15) is 0 Å². The summed E-state index contributed by atoms with van der Waals surface area (Å²) in [5.74, 6) is -3.29. The van der Waals surface area contributed by atoms with E-state index in [1.165, 1.54) is 6.08 Å². The third kappa shape index (κ3) is 5.48. The Morgan fingerprint density at radius 2 is 1.25 bits per heavy atom. The van der Waals surface area contributed by atoms with Crippen molar-refractivity contribution in [3.63, 3.8) is 0 Å². The quantitative estimate of drug-likeness (QED) is 0.177. The maximum Gasteiger partial charge on any atom is 0.166 e. The van der Waals surface area contributed by atoms with Gasteiger partial charge in [-0.15, -0.1) is 0 Å². The Hall–Kier alpha value is -2.88. The van der Waals surface area contributed by atoms with E-state index in [2.05, 4.69) is 6.92 Å². The van der Waals surface area contributed by atoms with Crippen LogP contribution >= 0.6 is 0 Å². The van der Waals surface area contributed by atoms with Crippen LogP contribution in [-0.2, 0) is 12.8 Å². The van der Waals surface area contributed by atoms with Crippen LogP contribution in [0.5, 0.6) is 0 Å². The SMILES string of the molecule is CCCCCc1ccc(-c2ccc(/C=C/c3ccc(CCC)c(F)c3F)cc2)c(F)c1F. The highest BCUT2D eigenvalue weighted by Gasteiger charge is 2.15. The first-order chi connectivity index (χ1) is 15.5. The van der Waals surface area contributed by atoms with Crippen LogP contribution < -0.4 is 0 Å². The highest BCUT2D eigenvalue weighted by Crippen LogP contribution is 2.28. The first kappa shape index (κ1) is 23.8. The van der Waals surface area contributed by atoms with E-state index < -0.39 is 23.3 Å². The molecule has 4 heteroatoms. The molecule has 0 aromatic heterocycles. The molecular formula is C28H28F4. The van der Waals surface area contributed by atoms with E-state index in [0.29, 0.717) is 29.5 Å². The van der Waals surface area contributed by atoms with E-state index in [9.17, 15) is 17.6 Å². The molecule has 0 unspecified atom stereocenters. The van der Waals surface area contributed by atoms with Crippen molar-refractivity contribution in [3.8, 4) is 11.1 Å². The Kier molecular flexibility index (Phi) is 8.26. The molecule has 0 heterocycles. The largest absolute Gasteiger partial charge is 0.203 e. The van der Waals surface area contributed by atoms with Gasteiger partial charge in [0.2, 0.25) is 0 Å². The van der Waals surface area contributed by atoms with Gasteiger partial charge >= 0.3 is 0 Å². The highest BCUT2D eigenvalue weighted by atomic mass is 19.2. The molecule has 0 aliphatic heterocycles. The Morgan fingerprint density at radius 1 is 0.594 bits per heavy atom. The van der Waals surface area contributed by atoms with Gasteiger partial charge in [0, 0.05) is 11.1 Å². The van der Waals surface area contributed by atoms with Crippen LogP contribution in [0.1, 0.15) is 61.8 Å². The minimum Gasteiger partial charge on any atom is -0.203 e. The molecule has 0 saturated heterocycles. The van der Waals surface area contributed by atoms with Crippen molar-refractivity contribution in [3.05, 3.63) is 94.1 Å². The molecule has 0 aliphatic rings. The van der Waals surface area contributed by atoms with E-state index in [4.69, 9.17) is 0 Å². The minimum absolute atomic E-state index is 0.165. The van der Waals surface area contributed by atoms with Crippen LogP contribution in [0.15, 0.2) is 48.5 Å². The summed E-state index contributed by atoms with van der Waals surface area (Å²) in [6, 6.07) is 13.3. The second-order valence-corrected chi connectivity index (χ2v) is 8.00. The number of aryl methyl sites for hydroxylation is 2. The van der Waals surface area contributed by atoms with Crippen molar-refractivity contribution >= 4 is 12.2 Å². The molecule has 0 amide bonds. The van der Waals surface area contributed by atoms with Gasteiger partial charge in [0.1, 0.15) is 0 Å². The fourth-order valence-corrected chi connectivity index (χ4v) is 3.73. The molecule has 0 saturated carbocycles. The van der Waals surface area contributed by atoms with Gasteiger partial charge in [-0.3, -0.25) is 0 Å². The van der Waals surface area contributed by atoms with Gasteiger partial charge in [-0.25, -0.2) is 17.6 Å². The lowest BCUT2D eigenvalue weighted by Gasteiger charge is -2.09. The second-order valence-electron chi connectivity index (χ2n) is 8.00. The molecule has 168 valence electrons. The van der Waals surface area contributed by atoms with Crippen LogP contribution in [0, 0.1) is 23.3 Å². The van der Waals surface area contributed by atoms with E-state index in [1.807, 2.05) is 6.92 Å². The number of unbranched alkanes of at least 4 members (excludes halogenated alkanes) is 2. The molecule has 0 spiro atoms. The van der Waals surface area contributed by atoms with Crippen molar-refractivity contribution in [1.82, 2.24) is 0 Å². The molecule has 0 atom stereocenters. The Morgan fingerprint density at radius 3 is 1.94 bits per heavy atom. The lowest BCUT2D eigenvalue weighted by Crippen LogP contribution is -1.97. The third-order valence-electron chi connectivity index (χ3n) is 5.60. The highest BCUT2D eigenvalue weighted by molar-refractivity contribution is 5.72. The molecule has 0 N–H and O–H groups in total. The van der Waals surface area contributed by atoms with Gasteiger partial charge in [0.05, 0.1) is 0 Å². The molecule has 32 heavy (non-hydrogen) atoms. The number of hydrogen-bond acceptors (Lipinski definition) is 0. The average molecular weight is 441 g/mol. The Bertz CT molecular complexity index is 1080. The standard InChI is InChI=1S/C28H28F4/c1-3-5-6-8-22-17-18-24(28(32)27(22)31)20-12-9-19(10-13-20)11-14-23-16-15-21(7-4-2)25(29)26(23)30/h9-18H,3-8H2,1-2H3/b14-11+. The Balaban J connectivity index is 1.77. The predicted octanol–water partition coefficient (Wildman–Crippen LogP) is 8.77. The molecule has 0 bridgehead atoms. The monoisotopic (exact) mass is 440 g/mol. The van der Waals surface area contributed by atoms with Gasteiger partial charge in [0.15, 0.2) is 23.3 Å². The fraction of sp³-hybridized carbons (Fsp3) is 0.286. The summed E-state index contributed by atoms with van der Waals surface area (Å²) in [7, 11) is 0. The smallest absolute Gasteiger partial charge is 0.166 e. The van der Waals surface area contributed by atoms with E-state index in [0.717, 1.165) is 31.2 Å². The molecule has 0 nitrogen and oxygen atoms in total. The molecule has 0 radical (unpaired) electrons. The predicted molar refractivity (Wildman–Crippen MR) is 124 cm³/mol. The van der Waals surface area contributed by atoms with Crippen molar-refractivity contribution in [1.29, 1.82) is 0 Å². The lowest BCUT2D eigenvalue weighted by molar-refractivity contribution is 0.496. The van der Waals surface area contributed by atoms with Gasteiger partial charge in [0.25, 0.3) is 0 Å². The topological polar surface area (TPSA) is 0 Å². The van der Waals surface area contributed by atoms with Gasteiger partial charge in [-0.1, -0.05) is 93.8 Å². The van der Waals surface area contributed by atoms with E-state index in [1.54, 1.807) is 54.6 Å².